The van der Waals surface area contributed by atoms with E-state index in [1.807, 2.05) is 60.7 Å². The van der Waals surface area contributed by atoms with Gasteiger partial charge >= 0.3 is 0 Å². The maximum Gasteiger partial charge on any atom is 0.159 e. The quantitative estimate of drug-likeness (QED) is 0.607. The molecule has 1 aliphatic carbocycles. The van der Waals surface area contributed by atoms with E-state index >= 15 is 0 Å². The van der Waals surface area contributed by atoms with Crippen molar-refractivity contribution in [1.29, 1.82) is 0 Å². The Bertz CT molecular complexity index is 884. The van der Waals surface area contributed by atoms with Gasteiger partial charge in [0.15, 0.2) is 11.6 Å². The molecule has 144 valence electrons. The number of aliphatic hydroxyl groups is 1. The maximum absolute atomic E-state index is 14.0. The number of benzene rings is 3. The van der Waals surface area contributed by atoms with Crippen molar-refractivity contribution in [3.8, 4) is 0 Å². The molecule has 0 bridgehead atoms. The smallest absolute Gasteiger partial charge is 0.159 e. The predicted octanol–water partition coefficient (Wildman–Crippen LogP) is 5.23. The van der Waals surface area contributed by atoms with Crippen LogP contribution in [0.1, 0.15) is 35.6 Å². The van der Waals surface area contributed by atoms with Gasteiger partial charge in [-0.25, -0.2) is 8.78 Å². The second kappa shape index (κ2) is 7.82. The van der Waals surface area contributed by atoms with Crippen LogP contribution in [0.25, 0.3) is 0 Å². The summed E-state index contributed by atoms with van der Waals surface area (Å²) in [6.45, 7) is 1.20. The van der Waals surface area contributed by atoms with Crippen LogP contribution in [0.3, 0.4) is 0 Å². The first-order valence-corrected chi connectivity index (χ1v) is 9.54. The van der Waals surface area contributed by atoms with E-state index < -0.39 is 23.3 Å². The zero-order valence-electron chi connectivity index (χ0n) is 15.6. The first-order valence-electron chi connectivity index (χ1n) is 9.54. The number of hydrogen-bond donors (Lipinski definition) is 1. The monoisotopic (exact) mass is 379 g/mol. The van der Waals surface area contributed by atoms with Gasteiger partial charge in [-0.15, -0.1) is 0 Å². The molecule has 0 saturated heterocycles. The molecule has 3 aromatic carbocycles. The first-order chi connectivity index (χ1) is 13.5. The van der Waals surface area contributed by atoms with Crippen LogP contribution in [0, 0.1) is 11.6 Å². The summed E-state index contributed by atoms with van der Waals surface area (Å²) in [6, 6.07) is 23.5. The SMILES string of the molecule is OC1(C(c2ccc(F)c(F)c2)N(Cc2ccccc2)Cc2ccccc2)CC1. The van der Waals surface area contributed by atoms with Gasteiger partial charge < -0.3 is 5.11 Å². The molecule has 0 aromatic heterocycles. The molecule has 0 spiro atoms. The summed E-state index contributed by atoms with van der Waals surface area (Å²) >= 11 is 0. The maximum atomic E-state index is 14.0. The van der Waals surface area contributed by atoms with Crippen LogP contribution in [0.5, 0.6) is 0 Å². The van der Waals surface area contributed by atoms with Gasteiger partial charge in [0.05, 0.1) is 11.6 Å². The van der Waals surface area contributed by atoms with Crippen molar-refractivity contribution in [3.05, 3.63) is 107 Å². The van der Waals surface area contributed by atoms with E-state index in [0.717, 1.165) is 17.2 Å². The van der Waals surface area contributed by atoms with E-state index in [4.69, 9.17) is 0 Å². The van der Waals surface area contributed by atoms with Crippen LogP contribution in [0.4, 0.5) is 8.78 Å². The summed E-state index contributed by atoms with van der Waals surface area (Å²) < 4.78 is 27.5. The molecule has 28 heavy (non-hydrogen) atoms. The van der Waals surface area contributed by atoms with Gasteiger partial charge in [-0.3, -0.25) is 4.90 Å². The Kier molecular flexibility index (Phi) is 5.25. The Morgan fingerprint density at radius 3 is 1.79 bits per heavy atom. The fourth-order valence-corrected chi connectivity index (χ4v) is 3.82. The molecular weight excluding hydrogens is 356 g/mol. The standard InChI is InChI=1S/C24H23F2NO/c25-21-12-11-20(15-22(21)26)23(24(28)13-14-24)27(16-18-7-3-1-4-8-18)17-19-9-5-2-6-10-19/h1-12,15,23,28H,13-14,16-17H2. The second-order valence-electron chi connectivity index (χ2n) is 7.56. The largest absolute Gasteiger partial charge is 0.388 e. The Balaban J connectivity index is 1.73. The average Bonchev–Trinajstić information content (AvgIpc) is 3.44. The third-order valence-electron chi connectivity index (χ3n) is 5.35. The molecule has 1 atom stereocenters. The van der Waals surface area contributed by atoms with Crippen LogP contribution in [-0.2, 0) is 13.1 Å². The first kappa shape index (κ1) is 18.8. The molecule has 2 nitrogen and oxygen atoms in total. The third-order valence-corrected chi connectivity index (χ3v) is 5.35. The van der Waals surface area contributed by atoms with Crippen LogP contribution in [0.15, 0.2) is 78.9 Å². The van der Waals surface area contributed by atoms with Gasteiger partial charge in [0.25, 0.3) is 0 Å². The fraction of sp³-hybridized carbons (Fsp3) is 0.250. The molecule has 0 heterocycles. The van der Waals surface area contributed by atoms with Crippen molar-refractivity contribution in [2.24, 2.45) is 0 Å². The van der Waals surface area contributed by atoms with Crippen LogP contribution >= 0.6 is 0 Å². The second-order valence-corrected chi connectivity index (χ2v) is 7.56. The van der Waals surface area contributed by atoms with Crippen molar-refractivity contribution < 1.29 is 13.9 Å². The molecule has 1 unspecified atom stereocenters. The fourth-order valence-electron chi connectivity index (χ4n) is 3.82. The highest BCUT2D eigenvalue weighted by Crippen LogP contribution is 2.49. The minimum Gasteiger partial charge on any atom is -0.388 e. The van der Waals surface area contributed by atoms with E-state index in [9.17, 15) is 13.9 Å². The number of halogens is 2. The summed E-state index contributed by atoms with van der Waals surface area (Å²) in [7, 11) is 0. The Labute approximate surface area is 164 Å². The van der Waals surface area contributed by atoms with E-state index in [2.05, 4.69) is 4.90 Å². The number of rotatable bonds is 7. The Hall–Kier alpha value is -2.56. The summed E-state index contributed by atoms with van der Waals surface area (Å²) in [5.41, 5.74) is 1.89. The molecule has 4 heteroatoms. The lowest BCUT2D eigenvalue weighted by atomic mass is 9.96. The zero-order valence-corrected chi connectivity index (χ0v) is 15.6. The van der Waals surface area contributed by atoms with Crippen LogP contribution < -0.4 is 0 Å². The molecule has 0 radical (unpaired) electrons. The van der Waals surface area contributed by atoms with Crippen molar-refractivity contribution in [3.63, 3.8) is 0 Å². The number of hydrogen-bond acceptors (Lipinski definition) is 2. The van der Waals surface area contributed by atoms with E-state index in [1.165, 1.54) is 6.07 Å². The van der Waals surface area contributed by atoms with Crippen molar-refractivity contribution >= 4 is 0 Å². The van der Waals surface area contributed by atoms with E-state index in [1.54, 1.807) is 6.07 Å². The van der Waals surface area contributed by atoms with Gasteiger partial charge in [0.2, 0.25) is 0 Å². The van der Waals surface area contributed by atoms with E-state index in [-0.39, 0.29) is 0 Å². The highest BCUT2D eigenvalue weighted by molar-refractivity contribution is 5.28. The summed E-state index contributed by atoms with van der Waals surface area (Å²) in [5.74, 6) is -1.76. The molecule has 1 aliphatic rings. The molecule has 4 rings (SSSR count). The van der Waals surface area contributed by atoms with E-state index in [0.29, 0.717) is 31.5 Å². The van der Waals surface area contributed by atoms with Gasteiger partial charge in [0.1, 0.15) is 0 Å². The van der Waals surface area contributed by atoms with Crippen molar-refractivity contribution in [1.82, 2.24) is 4.90 Å². The molecule has 0 aliphatic heterocycles. The normalized spacial score (nSPS) is 16.1. The predicted molar refractivity (Wildman–Crippen MR) is 105 cm³/mol. The van der Waals surface area contributed by atoms with Gasteiger partial charge in [0, 0.05) is 13.1 Å². The third kappa shape index (κ3) is 4.13. The lowest BCUT2D eigenvalue weighted by Crippen LogP contribution is -2.37. The minimum atomic E-state index is -0.923. The molecule has 1 fully saturated rings. The lowest BCUT2D eigenvalue weighted by Gasteiger charge is -2.36. The summed E-state index contributed by atoms with van der Waals surface area (Å²) in [5, 5.41) is 11.1. The average molecular weight is 379 g/mol. The van der Waals surface area contributed by atoms with Gasteiger partial charge in [-0.05, 0) is 41.7 Å². The molecule has 1 N–H and O–H groups in total. The highest BCUT2D eigenvalue weighted by Gasteiger charge is 2.51. The number of nitrogens with zero attached hydrogens (tertiary/aromatic N) is 1. The Morgan fingerprint density at radius 1 is 0.786 bits per heavy atom. The highest BCUT2D eigenvalue weighted by atomic mass is 19.2. The van der Waals surface area contributed by atoms with Crippen LogP contribution in [0.2, 0.25) is 0 Å². The zero-order chi connectivity index (χ0) is 19.6. The minimum absolute atomic E-state index is 0.414. The topological polar surface area (TPSA) is 23.5 Å². The molecule has 0 amide bonds. The Morgan fingerprint density at radius 2 is 1.32 bits per heavy atom. The molecule has 1 saturated carbocycles. The van der Waals surface area contributed by atoms with Gasteiger partial charge in [-0.1, -0.05) is 66.7 Å². The summed E-state index contributed by atoms with van der Waals surface area (Å²) in [6.07, 6.45) is 1.30. The lowest BCUT2D eigenvalue weighted by molar-refractivity contribution is 0.0187. The molecular formula is C24H23F2NO. The van der Waals surface area contributed by atoms with Gasteiger partial charge in [-0.2, -0.15) is 0 Å². The van der Waals surface area contributed by atoms with Crippen molar-refractivity contribution in [2.75, 3.05) is 0 Å². The van der Waals surface area contributed by atoms with Crippen molar-refractivity contribution in [2.45, 2.75) is 37.6 Å². The van der Waals surface area contributed by atoms with Crippen LogP contribution in [-0.4, -0.2) is 15.6 Å². The molecule has 3 aromatic rings. The summed E-state index contributed by atoms with van der Waals surface area (Å²) in [4.78, 5) is 2.16.